The summed E-state index contributed by atoms with van der Waals surface area (Å²) >= 11 is 5.33. The van der Waals surface area contributed by atoms with E-state index in [1.54, 1.807) is 5.01 Å². The van der Waals surface area contributed by atoms with E-state index in [4.69, 9.17) is 22.6 Å². The van der Waals surface area contributed by atoms with E-state index in [1.165, 1.54) is 0 Å². The number of benzene rings is 1. The molecule has 1 aromatic rings. The van der Waals surface area contributed by atoms with Gasteiger partial charge in [0, 0.05) is 24.9 Å². The molecule has 1 aromatic carbocycles. The minimum absolute atomic E-state index is 0.0630. The largest absolute Gasteiger partial charge is 0.295 e. The van der Waals surface area contributed by atoms with Crippen LogP contribution in [0.2, 0.25) is 0 Å². The lowest BCUT2D eigenvalue weighted by molar-refractivity contribution is 0.314. The van der Waals surface area contributed by atoms with E-state index < -0.39 is 0 Å². The normalized spacial score (nSPS) is 10.1. The van der Waals surface area contributed by atoms with Crippen LogP contribution in [-0.2, 0) is 0 Å². The molecule has 19 heavy (non-hydrogen) atoms. The smallest absolute Gasteiger partial charge is 0.217 e. The summed E-state index contributed by atoms with van der Waals surface area (Å²) in [6.45, 7) is 5.52. The first-order valence-corrected chi connectivity index (χ1v) is 6.42. The fourth-order valence-corrected chi connectivity index (χ4v) is 1.75. The third-order valence-corrected chi connectivity index (χ3v) is 2.75. The van der Waals surface area contributed by atoms with Crippen LogP contribution in [0.1, 0.15) is 13.8 Å². The van der Waals surface area contributed by atoms with E-state index in [-0.39, 0.29) is 11.9 Å². The van der Waals surface area contributed by atoms with E-state index in [0.29, 0.717) is 0 Å². The molecule has 4 N–H and O–H groups in total. The number of hydrogen-bond donors (Lipinski definition) is 4. The Kier molecular flexibility index (Phi) is 6.11. The molecule has 0 fully saturated rings. The van der Waals surface area contributed by atoms with E-state index in [1.807, 2.05) is 49.2 Å². The summed E-state index contributed by atoms with van der Waals surface area (Å²) in [5, 5.41) is 21.8. The van der Waals surface area contributed by atoms with Crippen LogP contribution in [0.3, 0.4) is 0 Å². The minimum Gasteiger partial charge on any atom is -0.295 e. The summed E-state index contributed by atoms with van der Waals surface area (Å²) in [6.07, 6.45) is 0. The number of anilines is 1. The Hall–Kier alpha value is -1.79. The third kappa shape index (κ3) is 4.11. The molecule has 0 amide bonds. The van der Waals surface area contributed by atoms with Gasteiger partial charge in [-0.25, -0.2) is 10.0 Å². The molecular weight excluding hydrogens is 264 g/mol. The van der Waals surface area contributed by atoms with Gasteiger partial charge in [-0.3, -0.25) is 21.0 Å². The summed E-state index contributed by atoms with van der Waals surface area (Å²) < 4.78 is 0. The Morgan fingerprint density at radius 1 is 1.16 bits per heavy atom. The number of guanidine groups is 2. The number of nitrogens with one attached hydrogen (secondary N) is 4. The molecule has 0 saturated heterocycles. The lowest BCUT2D eigenvalue weighted by atomic mass is 10.3. The summed E-state index contributed by atoms with van der Waals surface area (Å²) in [5.74, 6) is -0.0761. The van der Waals surface area contributed by atoms with Crippen molar-refractivity contribution in [2.75, 3.05) is 18.1 Å². The SMILES string of the molecule is CCN(CC)N(C(=N)NC(=N)NCl)c1ccccc1. The van der Waals surface area contributed by atoms with Gasteiger partial charge in [-0.05, 0) is 12.1 Å². The van der Waals surface area contributed by atoms with Crippen molar-refractivity contribution in [2.24, 2.45) is 0 Å². The van der Waals surface area contributed by atoms with Crippen LogP contribution in [0, 0.1) is 10.8 Å². The highest BCUT2D eigenvalue weighted by Gasteiger charge is 2.18. The highest BCUT2D eigenvalue weighted by atomic mass is 35.5. The maximum Gasteiger partial charge on any atom is 0.217 e. The molecule has 7 heteroatoms. The van der Waals surface area contributed by atoms with Crippen molar-refractivity contribution in [1.82, 2.24) is 15.2 Å². The van der Waals surface area contributed by atoms with E-state index >= 15 is 0 Å². The fourth-order valence-electron chi connectivity index (χ4n) is 1.70. The zero-order valence-electron chi connectivity index (χ0n) is 11.1. The highest BCUT2D eigenvalue weighted by molar-refractivity contribution is 6.23. The Morgan fingerprint density at radius 2 is 1.74 bits per heavy atom. The minimum atomic E-state index is -0.139. The molecule has 0 aliphatic heterocycles. The first-order chi connectivity index (χ1) is 9.13. The van der Waals surface area contributed by atoms with Gasteiger partial charge in [-0.2, -0.15) is 0 Å². The number of hydrazine groups is 1. The van der Waals surface area contributed by atoms with Gasteiger partial charge in [0.25, 0.3) is 0 Å². The van der Waals surface area contributed by atoms with E-state index in [2.05, 4.69) is 10.2 Å². The van der Waals surface area contributed by atoms with E-state index in [9.17, 15) is 0 Å². The second-order valence-electron chi connectivity index (χ2n) is 3.73. The summed E-state index contributed by atoms with van der Waals surface area (Å²) in [7, 11) is 0. The molecule has 0 aliphatic rings. The standard InChI is InChI=1S/C12H19ClN6/c1-3-18(4-2)19(10-8-6-5-7-9-10)12(15)16-11(14)17-13/h5-9H,3-4H2,1-2H3,(H4,14,15,16,17). The van der Waals surface area contributed by atoms with Crippen molar-refractivity contribution in [3.63, 3.8) is 0 Å². The number of nitrogens with zero attached hydrogens (tertiary/aromatic N) is 2. The molecule has 0 aromatic heterocycles. The maximum atomic E-state index is 8.09. The molecule has 0 atom stereocenters. The second-order valence-corrected chi connectivity index (χ2v) is 3.92. The van der Waals surface area contributed by atoms with Crippen LogP contribution >= 0.6 is 11.8 Å². The topological polar surface area (TPSA) is 78.2 Å². The predicted octanol–water partition coefficient (Wildman–Crippen LogP) is 1.95. The van der Waals surface area contributed by atoms with Crippen molar-refractivity contribution >= 4 is 29.4 Å². The van der Waals surface area contributed by atoms with Crippen molar-refractivity contribution in [2.45, 2.75) is 13.8 Å². The average Bonchev–Trinajstić information content (AvgIpc) is 2.45. The first-order valence-electron chi connectivity index (χ1n) is 6.04. The van der Waals surface area contributed by atoms with E-state index in [0.717, 1.165) is 18.8 Å². The summed E-state index contributed by atoms with van der Waals surface area (Å²) in [6, 6.07) is 9.55. The van der Waals surface area contributed by atoms with Gasteiger partial charge >= 0.3 is 0 Å². The zero-order chi connectivity index (χ0) is 14.3. The molecule has 0 spiro atoms. The van der Waals surface area contributed by atoms with Crippen molar-refractivity contribution in [3.05, 3.63) is 30.3 Å². The molecule has 0 heterocycles. The Labute approximate surface area is 118 Å². The highest BCUT2D eigenvalue weighted by Crippen LogP contribution is 2.15. The van der Waals surface area contributed by atoms with Crippen molar-refractivity contribution in [3.8, 4) is 0 Å². The average molecular weight is 283 g/mol. The van der Waals surface area contributed by atoms with Crippen molar-refractivity contribution in [1.29, 1.82) is 10.8 Å². The molecule has 0 bridgehead atoms. The Balaban J connectivity index is 2.99. The summed E-state index contributed by atoms with van der Waals surface area (Å²) in [4.78, 5) is 2.14. The number of halogens is 1. The molecular formula is C12H19ClN6. The first kappa shape index (κ1) is 15.3. The van der Waals surface area contributed by atoms with Gasteiger partial charge in [0.05, 0.1) is 5.69 Å². The molecule has 104 valence electrons. The number of hydrogen-bond acceptors (Lipinski definition) is 3. The van der Waals surface area contributed by atoms with Crippen LogP contribution in [0.25, 0.3) is 0 Å². The maximum absolute atomic E-state index is 8.09. The fraction of sp³-hybridized carbons (Fsp3) is 0.333. The molecule has 0 radical (unpaired) electrons. The van der Waals surface area contributed by atoms with Gasteiger partial charge in [0.1, 0.15) is 0 Å². The molecule has 6 nitrogen and oxygen atoms in total. The van der Waals surface area contributed by atoms with Crippen LogP contribution in [0.5, 0.6) is 0 Å². The van der Waals surface area contributed by atoms with Gasteiger partial charge in [0.2, 0.25) is 11.9 Å². The third-order valence-electron chi connectivity index (χ3n) is 2.56. The number of para-hydroxylation sites is 1. The Bertz CT molecular complexity index is 417. The van der Waals surface area contributed by atoms with Crippen molar-refractivity contribution < 1.29 is 0 Å². The monoisotopic (exact) mass is 282 g/mol. The van der Waals surface area contributed by atoms with Crippen LogP contribution < -0.4 is 15.2 Å². The quantitative estimate of drug-likeness (QED) is 0.295. The van der Waals surface area contributed by atoms with Crippen LogP contribution in [-0.4, -0.2) is 30.0 Å². The van der Waals surface area contributed by atoms with Gasteiger partial charge in [0.15, 0.2) is 0 Å². The molecule has 0 unspecified atom stereocenters. The zero-order valence-corrected chi connectivity index (χ0v) is 11.8. The predicted molar refractivity (Wildman–Crippen MR) is 79.4 cm³/mol. The number of rotatable bonds is 4. The van der Waals surface area contributed by atoms with Crippen LogP contribution in [0.15, 0.2) is 30.3 Å². The molecule has 0 aliphatic carbocycles. The molecule has 1 rings (SSSR count). The van der Waals surface area contributed by atoms with Crippen LogP contribution in [0.4, 0.5) is 5.69 Å². The Morgan fingerprint density at radius 3 is 2.21 bits per heavy atom. The lowest BCUT2D eigenvalue weighted by Gasteiger charge is -2.35. The lowest BCUT2D eigenvalue weighted by Crippen LogP contribution is -2.54. The second kappa shape index (κ2) is 7.60. The molecule has 0 saturated carbocycles. The van der Waals surface area contributed by atoms with Gasteiger partial charge in [-0.1, -0.05) is 32.0 Å². The van der Waals surface area contributed by atoms with Gasteiger partial charge < -0.3 is 0 Å². The van der Waals surface area contributed by atoms with Gasteiger partial charge in [-0.15, -0.1) is 0 Å². The summed E-state index contributed by atoms with van der Waals surface area (Å²) in [5.41, 5.74) is 0.853.